The van der Waals surface area contributed by atoms with Crippen molar-refractivity contribution in [2.75, 3.05) is 19.6 Å². The van der Waals surface area contributed by atoms with Gasteiger partial charge >= 0.3 is 0 Å². The summed E-state index contributed by atoms with van der Waals surface area (Å²) in [6.45, 7) is 5.48. The SMILES string of the molecule is Cc1ncsc1CN(CC1CCNC1)C(=O)c1ccc[nH]1. The summed E-state index contributed by atoms with van der Waals surface area (Å²) in [7, 11) is 0. The molecule has 0 radical (unpaired) electrons. The Labute approximate surface area is 128 Å². The summed E-state index contributed by atoms with van der Waals surface area (Å²) >= 11 is 1.62. The highest BCUT2D eigenvalue weighted by atomic mass is 32.1. The first-order valence-corrected chi connectivity index (χ1v) is 8.14. The highest BCUT2D eigenvalue weighted by molar-refractivity contribution is 7.09. The van der Waals surface area contributed by atoms with Gasteiger partial charge in [-0.3, -0.25) is 4.79 Å². The number of thiazole rings is 1. The molecule has 0 bridgehead atoms. The van der Waals surface area contributed by atoms with Crippen molar-refractivity contribution in [2.45, 2.75) is 19.9 Å². The molecule has 2 N–H and O–H groups in total. The van der Waals surface area contributed by atoms with Gasteiger partial charge in [-0.25, -0.2) is 4.98 Å². The van der Waals surface area contributed by atoms with Crippen LogP contribution < -0.4 is 5.32 Å². The molecular weight excluding hydrogens is 284 g/mol. The first-order chi connectivity index (χ1) is 10.2. The van der Waals surface area contributed by atoms with Crippen LogP contribution in [0.1, 0.15) is 27.5 Å². The van der Waals surface area contributed by atoms with Crippen molar-refractivity contribution in [1.82, 2.24) is 20.2 Å². The third-order valence-electron chi connectivity index (χ3n) is 3.94. The van der Waals surface area contributed by atoms with Gasteiger partial charge in [-0.1, -0.05) is 0 Å². The van der Waals surface area contributed by atoms with Crippen LogP contribution in [0.4, 0.5) is 0 Å². The van der Waals surface area contributed by atoms with Crippen LogP contribution in [0, 0.1) is 12.8 Å². The summed E-state index contributed by atoms with van der Waals surface area (Å²) in [6.07, 6.45) is 2.93. The quantitative estimate of drug-likeness (QED) is 0.888. The predicted molar refractivity (Wildman–Crippen MR) is 83.4 cm³/mol. The molecule has 0 aliphatic carbocycles. The molecule has 1 fully saturated rings. The number of aromatic nitrogens is 2. The van der Waals surface area contributed by atoms with E-state index in [2.05, 4.69) is 15.3 Å². The van der Waals surface area contributed by atoms with Crippen LogP contribution in [0.3, 0.4) is 0 Å². The van der Waals surface area contributed by atoms with Crippen molar-refractivity contribution in [3.05, 3.63) is 40.1 Å². The molecule has 5 nitrogen and oxygen atoms in total. The van der Waals surface area contributed by atoms with Gasteiger partial charge in [0.15, 0.2) is 0 Å². The summed E-state index contributed by atoms with van der Waals surface area (Å²) in [5.41, 5.74) is 3.52. The molecule has 0 aromatic carbocycles. The summed E-state index contributed by atoms with van der Waals surface area (Å²) in [6, 6.07) is 3.70. The van der Waals surface area contributed by atoms with Crippen LogP contribution in [-0.4, -0.2) is 40.4 Å². The number of carbonyl (C=O) groups is 1. The molecule has 3 rings (SSSR count). The van der Waals surface area contributed by atoms with Gasteiger partial charge in [-0.2, -0.15) is 0 Å². The van der Waals surface area contributed by atoms with Gasteiger partial charge in [0, 0.05) is 17.6 Å². The second kappa shape index (κ2) is 6.41. The van der Waals surface area contributed by atoms with E-state index in [-0.39, 0.29) is 5.91 Å². The first kappa shape index (κ1) is 14.3. The number of aryl methyl sites for hydroxylation is 1. The van der Waals surface area contributed by atoms with Crippen LogP contribution >= 0.6 is 11.3 Å². The molecule has 1 aliphatic heterocycles. The van der Waals surface area contributed by atoms with Gasteiger partial charge in [0.25, 0.3) is 5.91 Å². The lowest BCUT2D eigenvalue weighted by Crippen LogP contribution is -2.35. The molecule has 0 spiro atoms. The molecule has 1 amide bonds. The predicted octanol–water partition coefficient (Wildman–Crippen LogP) is 2.03. The van der Waals surface area contributed by atoms with E-state index in [1.807, 2.05) is 29.5 Å². The summed E-state index contributed by atoms with van der Waals surface area (Å²) < 4.78 is 0. The van der Waals surface area contributed by atoms with Crippen molar-refractivity contribution in [3.8, 4) is 0 Å². The number of carbonyl (C=O) groups excluding carboxylic acids is 1. The normalized spacial score (nSPS) is 18.0. The van der Waals surface area contributed by atoms with Crippen LogP contribution in [0.5, 0.6) is 0 Å². The van der Waals surface area contributed by atoms with Gasteiger partial charge in [-0.15, -0.1) is 11.3 Å². The average molecular weight is 304 g/mol. The minimum absolute atomic E-state index is 0.0692. The molecule has 1 unspecified atom stereocenters. The Balaban J connectivity index is 1.76. The summed E-state index contributed by atoms with van der Waals surface area (Å²) in [5, 5.41) is 3.37. The lowest BCUT2D eigenvalue weighted by molar-refractivity contribution is 0.0715. The number of hydrogen-bond donors (Lipinski definition) is 2. The summed E-state index contributed by atoms with van der Waals surface area (Å²) in [5.74, 6) is 0.608. The Hall–Kier alpha value is -1.66. The largest absolute Gasteiger partial charge is 0.357 e. The van der Waals surface area contributed by atoms with Gasteiger partial charge in [0.05, 0.1) is 17.7 Å². The Kier molecular flexibility index (Phi) is 4.36. The number of rotatable bonds is 5. The molecule has 0 saturated carbocycles. The summed E-state index contributed by atoms with van der Waals surface area (Å²) in [4.78, 5) is 23.1. The van der Waals surface area contributed by atoms with Gasteiger partial charge in [-0.05, 0) is 44.5 Å². The van der Waals surface area contributed by atoms with Gasteiger partial charge in [0.1, 0.15) is 5.69 Å². The van der Waals surface area contributed by atoms with E-state index in [0.29, 0.717) is 18.2 Å². The number of nitrogens with zero attached hydrogens (tertiary/aromatic N) is 2. The molecule has 1 saturated heterocycles. The first-order valence-electron chi connectivity index (χ1n) is 7.26. The zero-order valence-corrected chi connectivity index (χ0v) is 12.9. The maximum absolute atomic E-state index is 12.7. The number of nitrogens with one attached hydrogen (secondary N) is 2. The van der Waals surface area contributed by atoms with Crippen molar-refractivity contribution in [1.29, 1.82) is 0 Å². The Morgan fingerprint density at radius 1 is 1.57 bits per heavy atom. The topological polar surface area (TPSA) is 61.0 Å². The third-order valence-corrected chi connectivity index (χ3v) is 4.86. The van der Waals surface area contributed by atoms with E-state index < -0.39 is 0 Å². The highest BCUT2D eigenvalue weighted by Crippen LogP contribution is 2.19. The van der Waals surface area contributed by atoms with Crippen LogP contribution in [-0.2, 0) is 6.54 Å². The van der Waals surface area contributed by atoms with Crippen LogP contribution in [0.2, 0.25) is 0 Å². The minimum Gasteiger partial charge on any atom is -0.357 e. The van der Waals surface area contributed by atoms with Crippen molar-refractivity contribution < 1.29 is 4.79 Å². The molecule has 21 heavy (non-hydrogen) atoms. The van der Waals surface area contributed by atoms with Crippen molar-refractivity contribution in [2.24, 2.45) is 5.92 Å². The second-order valence-electron chi connectivity index (χ2n) is 5.49. The Bertz CT molecular complexity index is 587. The van der Waals surface area contributed by atoms with Crippen molar-refractivity contribution in [3.63, 3.8) is 0 Å². The molecular formula is C15H20N4OS. The smallest absolute Gasteiger partial charge is 0.270 e. The fourth-order valence-corrected chi connectivity index (χ4v) is 3.48. The van der Waals surface area contributed by atoms with E-state index in [1.165, 1.54) is 4.88 Å². The van der Waals surface area contributed by atoms with E-state index in [0.717, 1.165) is 31.7 Å². The molecule has 112 valence electrons. The highest BCUT2D eigenvalue weighted by Gasteiger charge is 2.24. The molecule has 2 aromatic rings. The monoisotopic (exact) mass is 304 g/mol. The van der Waals surface area contributed by atoms with Gasteiger partial charge in [0.2, 0.25) is 0 Å². The van der Waals surface area contributed by atoms with Crippen molar-refractivity contribution >= 4 is 17.2 Å². The minimum atomic E-state index is 0.0692. The zero-order valence-electron chi connectivity index (χ0n) is 12.1. The zero-order chi connectivity index (χ0) is 14.7. The maximum Gasteiger partial charge on any atom is 0.270 e. The lowest BCUT2D eigenvalue weighted by atomic mass is 10.1. The molecule has 6 heteroatoms. The Morgan fingerprint density at radius 2 is 2.48 bits per heavy atom. The fraction of sp³-hybridized carbons (Fsp3) is 0.467. The maximum atomic E-state index is 12.7. The standard InChI is InChI=1S/C15H20N4OS/c1-11-14(21-10-18-11)9-19(8-12-4-6-16-7-12)15(20)13-3-2-5-17-13/h2-3,5,10,12,16-17H,4,6-9H2,1H3. The number of H-pyrrole nitrogens is 1. The van der Waals surface area contributed by atoms with E-state index in [4.69, 9.17) is 0 Å². The average Bonchev–Trinajstić information content (AvgIpc) is 3.20. The third kappa shape index (κ3) is 3.33. The fourth-order valence-electron chi connectivity index (χ4n) is 2.69. The molecule has 1 aliphatic rings. The lowest BCUT2D eigenvalue weighted by Gasteiger charge is -2.25. The molecule has 3 heterocycles. The number of amides is 1. The van der Waals surface area contributed by atoms with Crippen LogP contribution in [0.25, 0.3) is 0 Å². The molecule has 2 aromatic heterocycles. The number of hydrogen-bond acceptors (Lipinski definition) is 4. The van der Waals surface area contributed by atoms with E-state index >= 15 is 0 Å². The van der Waals surface area contributed by atoms with Crippen LogP contribution in [0.15, 0.2) is 23.8 Å². The van der Waals surface area contributed by atoms with E-state index in [1.54, 1.807) is 17.5 Å². The van der Waals surface area contributed by atoms with E-state index in [9.17, 15) is 4.79 Å². The Morgan fingerprint density at radius 3 is 3.10 bits per heavy atom. The number of aromatic amines is 1. The molecule has 1 atom stereocenters. The van der Waals surface area contributed by atoms with Gasteiger partial charge < -0.3 is 15.2 Å². The second-order valence-corrected chi connectivity index (χ2v) is 6.43.